The van der Waals surface area contributed by atoms with Crippen LogP contribution in [0.3, 0.4) is 0 Å². The molecule has 0 bridgehead atoms. The van der Waals surface area contributed by atoms with Gasteiger partial charge in [0, 0.05) is 49.8 Å². The van der Waals surface area contributed by atoms with E-state index in [0.29, 0.717) is 35.3 Å². The number of anilines is 1. The molecule has 3 aromatic carbocycles. The number of likely N-dealkylation sites (tertiary alicyclic amines) is 1. The Hall–Kier alpha value is -4.81. The molecule has 1 aromatic heterocycles. The van der Waals surface area contributed by atoms with Gasteiger partial charge < -0.3 is 35.3 Å². The normalized spacial score (nSPS) is 15.3. The summed E-state index contributed by atoms with van der Waals surface area (Å²) in [7, 11) is 0. The van der Waals surface area contributed by atoms with E-state index < -0.39 is 5.97 Å². The Morgan fingerprint density at radius 3 is 2.25 bits per heavy atom. The second-order valence-corrected chi connectivity index (χ2v) is 13.4. The van der Waals surface area contributed by atoms with Crippen LogP contribution in [0.15, 0.2) is 71.7 Å². The van der Waals surface area contributed by atoms with Crippen molar-refractivity contribution in [3.8, 4) is 5.75 Å². The van der Waals surface area contributed by atoms with Crippen LogP contribution in [0, 0.1) is 6.92 Å². The molecular formula is C39H49Cl2N7O5. The number of amides is 2. The van der Waals surface area contributed by atoms with Gasteiger partial charge in [0.05, 0.1) is 23.1 Å². The van der Waals surface area contributed by atoms with Gasteiger partial charge in [0.25, 0.3) is 5.91 Å². The van der Waals surface area contributed by atoms with Crippen molar-refractivity contribution in [2.45, 2.75) is 84.0 Å². The highest BCUT2D eigenvalue weighted by molar-refractivity contribution is 6.06. The predicted octanol–water partition coefficient (Wildman–Crippen LogP) is 6.36. The molecule has 0 spiro atoms. The lowest BCUT2D eigenvalue weighted by Gasteiger charge is -2.33. The molecule has 2 heterocycles. The Labute approximate surface area is 322 Å². The number of ether oxygens (including phenoxy) is 1. The molecule has 284 valence electrons. The predicted molar refractivity (Wildman–Crippen MR) is 212 cm³/mol. The zero-order chi connectivity index (χ0) is 35.9. The molecule has 1 saturated heterocycles. The van der Waals surface area contributed by atoms with Crippen molar-refractivity contribution < 1.29 is 24.2 Å². The van der Waals surface area contributed by atoms with E-state index in [1.54, 1.807) is 4.90 Å². The highest BCUT2D eigenvalue weighted by Gasteiger charge is 2.25. The molecule has 2 fully saturated rings. The number of carbonyl (C=O) groups is 3. The van der Waals surface area contributed by atoms with Gasteiger partial charge in [-0.05, 0) is 92.9 Å². The van der Waals surface area contributed by atoms with Gasteiger partial charge in [0.1, 0.15) is 24.2 Å². The number of guanidine groups is 1. The van der Waals surface area contributed by atoms with Crippen molar-refractivity contribution in [3.05, 3.63) is 89.2 Å². The number of halogens is 2. The summed E-state index contributed by atoms with van der Waals surface area (Å²) in [6.45, 7) is 6.28. The summed E-state index contributed by atoms with van der Waals surface area (Å²) >= 11 is 0. The van der Waals surface area contributed by atoms with Crippen molar-refractivity contribution in [3.63, 3.8) is 0 Å². The lowest BCUT2D eigenvalue weighted by Crippen LogP contribution is -2.45. The van der Waals surface area contributed by atoms with E-state index in [9.17, 15) is 19.5 Å². The average molecular weight is 767 g/mol. The first-order chi connectivity index (χ1) is 24.7. The second-order valence-electron chi connectivity index (χ2n) is 13.4. The fourth-order valence-corrected chi connectivity index (χ4v) is 6.95. The minimum atomic E-state index is -1.07. The number of hydrogen-bond donors (Lipinski definition) is 3. The maximum atomic E-state index is 14.2. The molecule has 1 aliphatic heterocycles. The zero-order valence-corrected chi connectivity index (χ0v) is 31.8. The Morgan fingerprint density at radius 1 is 0.943 bits per heavy atom. The summed E-state index contributed by atoms with van der Waals surface area (Å²) in [5.41, 5.74) is 9.71. The van der Waals surface area contributed by atoms with Gasteiger partial charge >= 0.3 is 5.97 Å². The van der Waals surface area contributed by atoms with Gasteiger partial charge in [0.15, 0.2) is 5.96 Å². The highest BCUT2D eigenvalue weighted by atomic mass is 35.5. The molecule has 2 amide bonds. The molecule has 53 heavy (non-hydrogen) atoms. The minimum Gasteiger partial charge on any atom is -0.490 e. The number of imidazole rings is 1. The number of nitrogens with one attached hydrogen (secondary N) is 1. The van der Waals surface area contributed by atoms with E-state index in [1.807, 2.05) is 60.9 Å². The lowest BCUT2D eigenvalue weighted by atomic mass is 9.95. The number of piperidine rings is 1. The second kappa shape index (κ2) is 18.8. The zero-order valence-electron chi connectivity index (χ0n) is 30.2. The third kappa shape index (κ3) is 10.2. The number of carboxylic acid groups (broad SMARTS) is 1. The number of nitrogens with zero attached hydrogens (tertiary/aromatic N) is 5. The summed E-state index contributed by atoms with van der Waals surface area (Å²) in [4.78, 5) is 52.1. The maximum Gasteiger partial charge on any atom is 0.335 e. The molecule has 2 aliphatic rings. The van der Waals surface area contributed by atoms with E-state index in [-0.39, 0.29) is 67.4 Å². The Morgan fingerprint density at radius 2 is 1.60 bits per heavy atom. The highest BCUT2D eigenvalue weighted by Crippen LogP contribution is 2.28. The van der Waals surface area contributed by atoms with Crippen molar-refractivity contribution in [1.82, 2.24) is 19.8 Å². The van der Waals surface area contributed by atoms with Crippen molar-refractivity contribution in [2.75, 3.05) is 24.5 Å². The number of benzene rings is 3. The first kappa shape index (κ1) is 41.0. The van der Waals surface area contributed by atoms with Crippen LogP contribution in [0.25, 0.3) is 11.0 Å². The Bertz CT molecular complexity index is 1880. The largest absolute Gasteiger partial charge is 0.490 e. The van der Waals surface area contributed by atoms with Gasteiger partial charge in [0.2, 0.25) is 5.91 Å². The van der Waals surface area contributed by atoms with Crippen LogP contribution in [-0.4, -0.2) is 75.1 Å². The number of hydrogen-bond acceptors (Lipinski definition) is 6. The number of fused-ring (bicyclic) bond motifs is 1. The maximum absolute atomic E-state index is 14.2. The van der Waals surface area contributed by atoms with E-state index in [1.165, 1.54) is 30.7 Å². The summed E-state index contributed by atoms with van der Waals surface area (Å²) in [5.74, 6) is 0.325. The molecule has 4 N–H and O–H groups in total. The summed E-state index contributed by atoms with van der Waals surface area (Å²) in [6.07, 6.45) is 7.02. The summed E-state index contributed by atoms with van der Waals surface area (Å²) < 4.78 is 8.22. The monoisotopic (exact) mass is 765 g/mol. The number of carbonyl (C=O) groups excluding carboxylic acids is 2. The minimum absolute atomic E-state index is 0. The van der Waals surface area contributed by atoms with E-state index >= 15 is 0 Å². The molecule has 0 radical (unpaired) electrons. The van der Waals surface area contributed by atoms with Crippen LogP contribution in [0.4, 0.5) is 5.69 Å². The number of carboxylic acids is 1. The number of aliphatic imine (C=N–C) groups is 1. The number of aromatic nitrogens is 2. The molecule has 0 atom stereocenters. The summed E-state index contributed by atoms with van der Waals surface area (Å²) in [6, 6.07) is 19.4. The van der Waals surface area contributed by atoms with Crippen LogP contribution in [-0.2, 0) is 17.9 Å². The van der Waals surface area contributed by atoms with Crippen LogP contribution < -0.4 is 20.7 Å². The smallest absolute Gasteiger partial charge is 0.335 e. The molecule has 1 saturated carbocycles. The number of nitrogens with two attached hydrogens (primary N) is 1. The molecule has 6 rings (SSSR count). The van der Waals surface area contributed by atoms with E-state index in [0.717, 1.165) is 68.2 Å². The van der Waals surface area contributed by atoms with Crippen molar-refractivity contribution in [2.24, 2.45) is 10.7 Å². The Kier molecular flexibility index (Phi) is 14.5. The molecular weight excluding hydrogens is 717 g/mol. The van der Waals surface area contributed by atoms with E-state index in [2.05, 4.69) is 15.2 Å². The van der Waals surface area contributed by atoms with Crippen LogP contribution in [0.2, 0.25) is 0 Å². The van der Waals surface area contributed by atoms with Gasteiger partial charge in [-0.3, -0.25) is 14.6 Å². The van der Waals surface area contributed by atoms with E-state index in [4.69, 9.17) is 15.5 Å². The quantitative estimate of drug-likeness (QED) is 0.118. The summed E-state index contributed by atoms with van der Waals surface area (Å²) in [5, 5.41) is 12.6. The average Bonchev–Trinajstić information content (AvgIpc) is 3.46. The standard InChI is InChI=1S/C39H47N7O5.2ClH/c1-3-41-39(40)44-21-19-32(20-22-44)51-31-16-14-30(15-17-31)45(37(48)27-10-12-28(13-11-27)38(49)50)24-35-43-33-23-26(2)9-18-34(33)46(35)25-36(47)42-29-7-5-4-6-8-29;;/h9-18,23,29,32H,3-8,19-22,24-25H2,1-2H3,(H2,40,41)(H,42,47)(H,49,50);2*1H. The number of aryl methyl sites for hydroxylation is 1. The fraction of sp³-hybridized carbons (Fsp3) is 0.410. The molecule has 12 nitrogen and oxygen atoms in total. The molecule has 1 aliphatic carbocycles. The van der Waals surface area contributed by atoms with Crippen LogP contribution >= 0.6 is 24.8 Å². The van der Waals surface area contributed by atoms with Crippen LogP contribution in [0.1, 0.15) is 84.0 Å². The fourth-order valence-electron chi connectivity index (χ4n) is 6.95. The van der Waals surface area contributed by atoms with Gasteiger partial charge in [-0.1, -0.05) is 25.3 Å². The number of aromatic carboxylic acids is 1. The Balaban J connectivity index is 0.00000314. The first-order valence-electron chi connectivity index (χ1n) is 17.9. The molecule has 4 aromatic rings. The SMILES string of the molecule is CCN=C(N)N1CCC(Oc2ccc(N(Cc3nc4cc(C)ccc4n3CC(=O)NC3CCCCC3)C(=O)c3ccc(C(=O)O)cc3)cc2)CC1.Cl.Cl. The van der Waals surface area contributed by atoms with Crippen LogP contribution in [0.5, 0.6) is 5.75 Å². The third-order valence-corrected chi connectivity index (χ3v) is 9.72. The third-order valence-electron chi connectivity index (χ3n) is 9.72. The lowest BCUT2D eigenvalue weighted by molar-refractivity contribution is -0.122. The molecule has 14 heteroatoms. The van der Waals surface area contributed by atoms with Gasteiger partial charge in [-0.25, -0.2) is 9.78 Å². The first-order valence-corrected chi connectivity index (χ1v) is 17.9. The van der Waals surface area contributed by atoms with Crippen molar-refractivity contribution in [1.29, 1.82) is 0 Å². The van der Waals surface area contributed by atoms with Gasteiger partial charge in [-0.15, -0.1) is 24.8 Å². The topological polar surface area (TPSA) is 155 Å². The van der Waals surface area contributed by atoms with Crippen molar-refractivity contribution >= 4 is 65.3 Å². The van der Waals surface area contributed by atoms with Gasteiger partial charge in [-0.2, -0.15) is 0 Å². The molecule has 0 unspecified atom stereocenters. The number of rotatable bonds is 11.